The van der Waals surface area contributed by atoms with Gasteiger partial charge in [0.1, 0.15) is 11.3 Å². The minimum Gasteiger partial charge on any atom is -0.388 e. The molecule has 0 unspecified atom stereocenters. The average Bonchev–Trinajstić information content (AvgIpc) is 2.96. The predicted octanol–water partition coefficient (Wildman–Crippen LogP) is 2.64. The van der Waals surface area contributed by atoms with E-state index in [9.17, 15) is 18.0 Å². The highest BCUT2D eigenvalue weighted by atomic mass is 35.5. The lowest BCUT2D eigenvalue weighted by Crippen LogP contribution is -2.43. The monoisotopic (exact) mass is 377 g/mol. The van der Waals surface area contributed by atoms with Crippen LogP contribution in [-0.2, 0) is 22.4 Å². The fourth-order valence-corrected chi connectivity index (χ4v) is 2.89. The van der Waals surface area contributed by atoms with Crippen LogP contribution < -0.4 is 10.6 Å². The van der Waals surface area contributed by atoms with Gasteiger partial charge in [-0.3, -0.25) is 4.79 Å². The number of hydrogen-bond donors (Lipinski definition) is 2. The molecule has 0 aromatic heterocycles. The smallest absolute Gasteiger partial charge is 0.388 e. The second-order valence-corrected chi connectivity index (χ2v) is 6.12. The summed E-state index contributed by atoms with van der Waals surface area (Å²) in [5, 5.41) is 9.80. The topological polar surface area (TPSA) is 62.7 Å². The number of carbonyl (C=O) groups is 1. The molecule has 1 fully saturated rings. The number of halogens is 4. The molecule has 0 atom stereocenters. The molecule has 2 aliphatic heterocycles. The molecule has 0 aliphatic carbocycles. The van der Waals surface area contributed by atoms with E-state index in [1.165, 1.54) is 12.1 Å². The van der Waals surface area contributed by atoms with E-state index in [1.807, 2.05) is 0 Å². The lowest BCUT2D eigenvalue weighted by Gasteiger charge is -2.30. The quantitative estimate of drug-likeness (QED) is 0.851. The molecule has 2 aliphatic rings. The fraction of sp³-hybridized carbons (Fsp3) is 0.500. The summed E-state index contributed by atoms with van der Waals surface area (Å²) in [6.45, 7) is 1.80. The average molecular weight is 378 g/mol. The van der Waals surface area contributed by atoms with Crippen molar-refractivity contribution in [1.82, 2.24) is 10.6 Å². The van der Waals surface area contributed by atoms with Gasteiger partial charge in [-0.15, -0.1) is 12.4 Å². The maximum absolute atomic E-state index is 12.5. The van der Waals surface area contributed by atoms with Gasteiger partial charge in [0.2, 0.25) is 0 Å². The molecular weight excluding hydrogens is 359 g/mol. The van der Waals surface area contributed by atoms with Crippen molar-refractivity contribution in [3.63, 3.8) is 0 Å². The highest BCUT2D eigenvalue weighted by Crippen LogP contribution is 2.32. The first-order chi connectivity index (χ1) is 11.4. The minimum atomic E-state index is -4.36. The second kappa shape index (κ2) is 7.61. The molecule has 3 rings (SSSR count). The van der Waals surface area contributed by atoms with Gasteiger partial charge in [-0.2, -0.15) is 13.2 Å². The van der Waals surface area contributed by atoms with Crippen molar-refractivity contribution in [2.45, 2.75) is 37.6 Å². The number of oxime groups is 1. The molecule has 0 radical (unpaired) electrons. The molecule has 2 N–H and O–H groups in total. The van der Waals surface area contributed by atoms with Crippen molar-refractivity contribution < 1.29 is 22.8 Å². The number of piperidine rings is 1. The van der Waals surface area contributed by atoms with E-state index < -0.39 is 11.7 Å². The maximum atomic E-state index is 12.5. The minimum absolute atomic E-state index is 0. The van der Waals surface area contributed by atoms with Crippen molar-refractivity contribution in [2.75, 3.05) is 13.1 Å². The van der Waals surface area contributed by atoms with E-state index in [-0.39, 0.29) is 30.5 Å². The van der Waals surface area contributed by atoms with Crippen LogP contribution in [0.5, 0.6) is 0 Å². The predicted molar refractivity (Wildman–Crippen MR) is 88.5 cm³/mol. The molecule has 0 bridgehead atoms. The molecule has 2 heterocycles. The summed E-state index contributed by atoms with van der Waals surface area (Å²) in [6, 6.07) is 4.71. The van der Waals surface area contributed by atoms with Crippen LogP contribution in [0.25, 0.3) is 0 Å². The number of amides is 1. The van der Waals surface area contributed by atoms with Crippen molar-refractivity contribution in [2.24, 2.45) is 5.16 Å². The third-order valence-corrected chi connectivity index (χ3v) is 4.35. The van der Waals surface area contributed by atoms with Gasteiger partial charge < -0.3 is 15.5 Å². The van der Waals surface area contributed by atoms with Crippen LogP contribution in [0.15, 0.2) is 29.4 Å². The Bertz CT molecular complexity index is 641. The molecule has 1 spiro atoms. The largest absolute Gasteiger partial charge is 0.416 e. The Balaban J connectivity index is 0.00000225. The van der Waals surface area contributed by atoms with Gasteiger partial charge in [0.15, 0.2) is 0 Å². The summed E-state index contributed by atoms with van der Waals surface area (Å²) in [5.74, 6) is -0.342. The van der Waals surface area contributed by atoms with Gasteiger partial charge in [0.25, 0.3) is 5.91 Å². The van der Waals surface area contributed by atoms with Crippen LogP contribution >= 0.6 is 12.4 Å². The Morgan fingerprint density at radius 1 is 1.24 bits per heavy atom. The van der Waals surface area contributed by atoms with E-state index in [0.29, 0.717) is 17.7 Å². The van der Waals surface area contributed by atoms with Crippen LogP contribution in [-0.4, -0.2) is 30.3 Å². The zero-order valence-corrected chi connectivity index (χ0v) is 14.2. The number of benzene rings is 1. The van der Waals surface area contributed by atoms with E-state index >= 15 is 0 Å². The number of carbonyl (C=O) groups excluding carboxylic acids is 1. The molecule has 1 saturated heterocycles. The Morgan fingerprint density at radius 2 is 1.88 bits per heavy atom. The third kappa shape index (κ3) is 4.64. The van der Waals surface area contributed by atoms with E-state index in [4.69, 9.17) is 4.84 Å². The van der Waals surface area contributed by atoms with Gasteiger partial charge in [0, 0.05) is 25.8 Å². The van der Waals surface area contributed by atoms with Crippen LogP contribution in [0.4, 0.5) is 13.2 Å². The van der Waals surface area contributed by atoms with Gasteiger partial charge in [-0.25, -0.2) is 0 Å². The normalized spacial score (nSPS) is 18.9. The van der Waals surface area contributed by atoms with E-state index in [2.05, 4.69) is 15.8 Å². The Kier molecular flexibility index (Phi) is 5.95. The van der Waals surface area contributed by atoms with Crippen molar-refractivity contribution >= 4 is 24.0 Å². The lowest BCUT2D eigenvalue weighted by atomic mass is 9.87. The zero-order valence-electron chi connectivity index (χ0n) is 13.4. The summed E-state index contributed by atoms with van der Waals surface area (Å²) in [4.78, 5) is 17.6. The summed E-state index contributed by atoms with van der Waals surface area (Å²) in [6.07, 6.45) is -2.30. The summed E-state index contributed by atoms with van der Waals surface area (Å²) < 4.78 is 37.5. The first-order valence-corrected chi connectivity index (χ1v) is 7.78. The Hall–Kier alpha value is -1.80. The van der Waals surface area contributed by atoms with Gasteiger partial charge in [0.05, 0.1) is 5.56 Å². The highest BCUT2D eigenvalue weighted by molar-refractivity contribution is 6.39. The Morgan fingerprint density at radius 3 is 2.48 bits per heavy atom. The van der Waals surface area contributed by atoms with Crippen molar-refractivity contribution in [3.05, 3.63) is 35.4 Å². The van der Waals surface area contributed by atoms with Gasteiger partial charge in [-0.1, -0.05) is 17.3 Å². The molecule has 138 valence electrons. The van der Waals surface area contributed by atoms with Gasteiger partial charge in [-0.05, 0) is 30.8 Å². The molecule has 9 heteroatoms. The second-order valence-electron chi connectivity index (χ2n) is 6.12. The van der Waals surface area contributed by atoms with Crippen LogP contribution in [0.3, 0.4) is 0 Å². The highest BCUT2D eigenvalue weighted by Gasteiger charge is 2.42. The number of rotatable bonds is 3. The summed E-state index contributed by atoms with van der Waals surface area (Å²) >= 11 is 0. The third-order valence-electron chi connectivity index (χ3n) is 4.35. The van der Waals surface area contributed by atoms with Crippen LogP contribution in [0, 0.1) is 0 Å². The number of nitrogens with zero attached hydrogens (tertiary/aromatic N) is 1. The lowest BCUT2D eigenvalue weighted by molar-refractivity contribution is -0.137. The van der Waals surface area contributed by atoms with Crippen LogP contribution in [0.1, 0.15) is 30.4 Å². The zero-order chi connectivity index (χ0) is 17.2. The summed E-state index contributed by atoms with van der Waals surface area (Å²) in [5.41, 5.74) is -0.165. The maximum Gasteiger partial charge on any atom is 0.416 e. The van der Waals surface area contributed by atoms with E-state index in [1.54, 1.807) is 0 Å². The van der Waals surface area contributed by atoms with Crippen LogP contribution in [0.2, 0.25) is 0 Å². The Labute approximate surface area is 149 Å². The number of hydrogen-bond acceptors (Lipinski definition) is 4. The molecule has 1 aromatic rings. The molecule has 25 heavy (non-hydrogen) atoms. The summed E-state index contributed by atoms with van der Waals surface area (Å²) in [7, 11) is 0. The van der Waals surface area contributed by atoms with Gasteiger partial charge >= 0.3 is 6.18 Å². The first-order valence-electron chi connectivity index (χ1n) is 7.78. The number of alkyl halides is 3. The van der Waals surface area contributed by atoms with Crippen molar-refractivity contribution in [1.29, 1.82) is 0 Å². The molecule has 0 saturated carbocycles. The standard InChI is InChI=1S/C16H18F3N3O2.ClH/c17-16(18,19)12-3-1-11(2-4-12)10-21-14(23)13-9-15(24-22-13)5-7-20-8-6-15;/h1-4,20H,5-10H2,(H,21,23);1H. The van der Waals surface area contributed by atoms with E-state index in [0.717, 1.165) is 38.1 Å². The first kappa shape index (κ1) is 19.5. The molecular formula is C16H19ClF3N3O2. The molecule has 1 aromatic carbocycles. The molecule has 5 nitrogen and oxygen atoms in total. The SMILES string of the molecule is Cl.O=C(NCc1ccc(C(F)(F)F)cc1)C1=NOC2(CCNCC2)C1. The number of nitrogens with one attached hydrogen (secondary N) is 2. The fourth-order valence-electron chi connectivity index (χ4n) is 2.89. The molecule has 1 amide bonds. The van der Waals surface area contributed by atoms with Crippen molar-refractivity contribution in [3.8, 4) is 0 Å².